The highest BCUT2D eigenvalue weighted by Gasteiger charge is 2.13. The Morgan fingerprint density at radius 3 is 2.74 bits per heavy atom. The molecular formula is C18H16N4S. The van der Waals surface area contributed by atoms with Crippen molar-refractivity contribution in [2.45, 2.75) is 13.5 Å². The fraction of sp³-hybridized carbons (Fsp3) is 0.111. The first-order chi connectivity index (χ1) is 11.3. The molecule has 3 heterocycles. The van der Waals surface area contributed by atoms with Crippen molar-refractivity contribution >= 4 is 22.1 Å². The minimum absolute atomic E-state index is 0.778. The Kier molecular flexibility index (Phi) is 3.55. The second kappa shape index (κ2) is 5.85. The fourth-order valence-electron chi connectivity index (χ4n) is 2.66. The van der Waals surface area contributed by atoms with Gasteiger partial charge in [0.1, 0.15) is 11.3 Å². The van der Waals surface area contributed by atoms with E-state index in [-0.39, 0.29) is 0 Å². The number of aromatic nitrogens is 3. The number of nitrogens with one attached hydrogen (secondary N) is 1. The van der Waals surface area contributed by atoms with Crippen LogP contribution in [0.25, 0.3) is 17.0 Å². The van der Waals surface area contributed by atoms with Crippen molar-refractivity contribution in [3.05, 3.63) is 71.4 Å². The van der Waals surface area contributed by atoms with Crippen LogP contribution in [0.15, 0.2) is 60.1 Å². The summed E-state index contributed by atoms with van der Waals surface area (Å²) in [6.45, 7) is 2.80. The average molecular weight is 320 g/mol. The van der Waals surface area contributed by atoms with Gasteiger partial charge in [-0.1, -0.05) is 36.4 Å². The zero-order valence-electron chi connectivity index (χ0n) is 12.7. The Morgan fingerprint density at radius 2 is 1.87 bits per heavy atom. The van der Waals surface area contributed by atoms with Crippen LogP contribution in [0.3, 0.4) is 0 Å². The highest BCUT2D eigenvalue weighted by molar-refractivity contribution is 7.14. The van der Waals surface area contributed by atoms with Gasteiger partial charge in [0.2, 0.25) is 0 Å². The molecule has 0 saturated carbocycles. The molecule has 4 aromatic rings. The molecule has 0 atom stereocenters. The van der Waals surface area contributed by atoms with Gasteiger partial charge >= 0.3 is 0 Å². The van der Waals surface area contributed by atoms with Crippen LogP contribution in [0.4, 0.5) is 5.13 Å². The minimum Gasteiger partial charge on any atom is -0.357 e. The SMILES string of the molecule is Cc1nc2ccccn2c1-c1csc(NCc2ccccc2)n1. The summed E-state index contributed by atoms with van der Waals surface area (Å²) in [5, 5.41) is 6.39. The normalized spacial score (nSPS) is 11.0. The molecule has 0 radical (unpaired) electrons. The predicted molar refractivity (Wildman–Crippen MR) is 94.8 cm³/mol. The van der Waals surface area contributed by atoms with Crippen LogP contribution in [-0.2, 0) is 6.54 Å². The Labute approximate surface area is 138 Å². The Morgan fingerprint density at radius 1 is 1.04 bits per heavy atom. The molecule has 23 heavy (non-hydrogen) atoms. The smallest absolute Gasteiger partial charge is 0.183 e. The van der Waals surface area contributed by atoms with Gasteiger partial charge in [-0.15, -0.1) is 11.3 Å². The van der Waals surface area contributed by atoms with Crippen molar-refractivity contribution in [3.63, 3.8) is 0 Å². The molecule has 0 aliphatic carbocycles. The Bertz CT molecular complexity index is 940. The van der Waals surface area contributed by atoms with E-state index in [9.17, 15) is 0 Å². The molecule has 0 spiro atoms. The van der Waals surface area contributed by atoms with Gasteiger partial charge < -0.3 is 5.32 Å². The lowest BCUT2D eigenvalue weighted by Gasteiger charge is -2.02. The highest BCUT2D eigenvalue weighted by atomic mass is 32.1. The molecule has 0 aliphatic heterocycles. The van der Waals surface area contributed by atoms with E-state index < -0.39 is 0 Å². The third kappa shape index (κ3) is 2.71. The van der Waals surface area contributed by atoms with Crippen LogP contribution in [-0.4, -0.2) is 14.4 Å². The van der Waals surface area contributed by atoms with Crippen LogP contribution in [0.2, 0.25) is 0 Å². The Hall–Kier alpha value is -2.66. The van der Waals surface area contributed by atoms with E-state index in [0.29, 0.717) is 0 Å². The maximum atomic E-state index is 4.73. The molecule has 0 fully saturated rings. The lowest BCUT2D eigenvalue weighted by Crippen LogP contribution is -1.98. The van der Waals surface area contributed by atoms with Crippen molar-refractivity contribution in [2.24, 2.45) is 0 Å². The summed E-state index contributed by atoms with van der Waals surface area (Å²) in [7, 11) is 0. The number of nitrogens with zero attached hydrogens (tertiary/aromatic N) is 3. The summed E-state index contributed by atoms with van der Waals surface area (Å²) in [5.74, 6) is 0. The molecule has 0 bridgehead atoms. The van der Waals surface area contributed by atoms with Gasteiger partial charge in [-0.3, -0.25) is 4.40 Å². The highest BCUT2D eigenvalue weighted by Crippen LogP contribution is 2.28. The first-order valence-corrected chi connectivity index (χ1v) is 8.36. The van der Waals surface area contributed by atoms with Crippen molar-refractivity contribution in [2.75, 3.05) is 5.32 Å². The van der Waals surface area contributed by atoms with E-state index in [4.69, 9.17) is 4.98 Å². The number of aryl methyl sites for hydroxylation is 1. The van der Waals surface area contributed by atoms with Gasteiger partial charge in [0.05, 0.1) is 11.4 Å². The molecule has 1 aromatic carbocycles. The summed E-state index contributed by atoms with van der Waals surface area (Å²) in [5.41, 5.74) is 5.21. The average Bonchev–Trinajstić information content (AvgIpc) is 3.17. The van der Waals surface area contributed by atoms with E-state index in [0.717, 1.165) is 34.4 Å². The monoisotopic (exact) mass is 320 g/mol. The molecule has 1 N–H and O–H groups in total. The number of hydrogen-bond donors (Lipinski definition) is 1. The molecule has 0 saturated heterocycles. The quantitative estimate of drug-likeness (QED) is 0.607. The van der Waals surface area contributed by atoms with E-state index >= 15 is 0 Å². The second-order valence-electron chi connectivity index (χ2n) is 5.35. The van der Waals surface area contributed by atoms with E-state index in [1.165, 1.54) is 5.56 Å². The zero-order chi connectivity index (χ0) is 15.6. The van der Waals surface area contributed by atoms with Crippen molar-refractivity contribution < 1.29 is 0 Å². The molecule has 3 aromatic heterocycles. The van der Waals surface area contributed by atoms with Crippen LogP contribution in [0.5, 0.6) is 0 Å². The lowest BCUT2D eigenvalue weighted by atomic mass is 10.2. The molecule has 4 rings (SSSR count). The summed E-state index contributed by atoms with van der Waals surface area (Å²) >= 11 is 1.62. The zero-order valence-corrected chi connectivity index (χ0v) is 13.5. The molecule has 0 amide bonds. The second-order valence-corrected chi connectivity index (χ2v) is 6.21. The molecule has 0 unspecified atom stereocenters. The van der Waals surface area contributed by atoms with Gasteiger partial charge in [-0.25, -0.2) is 9.97 Å². The number of benzene rings is 1. The van der Waals surface area contributed by atoms with Crippen molar-refractivity contribution in [1.29, 1.82) is 0 Å². The number of hydrogen-bond acceptors (Lipinski definition) is 4. The maximum Gasteiger partial charge on any atom is 0.183 e. The number of anilines is 1. The van der Waals surface area contributed by atoms with Gasteiger partial charge in [-0.2, -0.15) is 0 Å². The first-order valence-electron chi connectivity index (χ1n) is 7.48. The van der Waals surface area contributed by atoms with Crippen LogP contribution < -0.4 is 5.32 Å². The van der Waals surface area contributed by atoms with E-state index in [1.54, 1.807) is 11.3 Å². The van der Waals surface area contributed by atoms with Crippen LogP contribution in [0.1, 0.15) is 11.3 Å². The number of pyridine rings is 1. The molecule has 114 valence electrons. The maximum absolute atomic E-state index is 4.73. The molecule has 5 heteroatoms. The molecule has 4 nitrogen and oxygen atoms in total. The minimum atomic E-state index is 0.778. The topological polar surface area (TPSA) is 42.2 Å². The van der Waals surface area contributed by atoms with Crippen LogP contribution >= 0.6 is 11.3 Å². The van der Waals surface area contributed by atoms with Crippen LogP contribution in [0, 0.1) is 6.92 Å². The number of rotatable bonds is 4. The van der Waals surface area contributed by atoms with E-state index in [1.807, 2.05) is 49.5 Å². The molecule has 0 aliphatic rings. The number of fused-ring (bicyclic) bond motifs is 1. The van der Waals surface area contributed by atoms with Gasteiger partial charge in [-0.05, 0) is 24.6 Å². The third-order valence-electron chi connectivity index (χ3n) is 3.74. The summed E-state index contributed by atoms with van der Waals surface area (Å²) in [6, 6.07) is 16.4. The molecular weight excluding hydrogens is 304 g/mol. The first kappa shape index (κ1) is 14.0. The van der Waals surface area contributed by atoms with Crippen molar-refractivity contribution in [1.82, 2.24) is 14.4 Å². The third-order valence-corrected chi connectivity index (χ3v) is 4.54. The van der Waals surface area contributed by atoms with Gasteiger partial charge in [0.15, 0.2) is 5.13 Å². The van der Waals surface area contributed by atoms with Gasteiger partial charge in [0.25, 0.3) is 0 Å². The predicted octanol–water partition coefficient (Wildman–Crippen LogP) is 4.38. The summed E-state index contributed by atoms with van der Waals surface area (Å²) < 4.78 is 2.09. The van der Waals surface area contributed by atoms with Crippen molar-refractivity contribution in [3.8, 4) is 11.4 Å². The Balaban J connectivity index is 1.61. The van der Waals surface area contributed by atoms with Gasteiger partial charge in [0, 0.05) is 18.1 Å². The largest absolute Gasteiger partial charge is 0.357 e. The number of imidazole rings is 1. The van der Waals surface area contributed by atoms with E-state index in [2.05, 4.69) is 32.2 Å². The summed E-state index contributed by atoms with van der Waals surface area (Å²) in [6.07, 6.45) is 2.03. The summed E-state index contributed by atoms with van der Waals surface area (Å²) in [4.78, 5) is 9.32. The number of thiazole rings is 1. The lowest BCUT2D eigenvalue weighted by molar-refractivity contribution is 1.13. The standard InChI is InChI=1S/C18H16N4S/c1-13-17(22-10-6-5-9-16(22)20-13)15-12-23-18(21-15)19-11-14-7-3-2-4-8-14/h2-10,12H,11H2,1H3,(H,19,21). The fourth-order valence-corrected chi connectivity index (χ4v) is 3.35.